The monoisotopic (exact) mass is 366 g/mol. The molecule has 0 radical (unpaired) electrons. The normalized spacial score (nSPS) is 17.0. The first kappa shape index (κ1) is 16.5. The molecule has 132 valence electrons. The van der Waals surface area contributed by atoms with Crippen LogP contribution in [0.1, 0.15) is 22.3 Å². The summed E-state index contributed by atoms with van der Waals surface area (Å²) in [4.78, 5) is 30.9. The molecule has 3 N–H and O–H groups in total. The van der Waals surface area contributed by atoms with Gasteiger partial charge in [-0.3, -0.25) is 9.59 Å². The standard InChI is InChI=1S/C19H18N4O2S/c1-11-7-12(8-15-17(11)22-19(20)26-15)18(25)21-13-9-16(24)23(10-13)14-5-3-2-4-6-14/h2-8,13H,9-10H2,1H3,(H2,20,22)(H,21,25)/t13-/m0/s1. The fourth-order valence-electron chi connectivity index (χ4n) is 3.28. The fourth-order valence-corrected chi connectivity index (χ4v) is 4.13. The van der Waals surface area contributed by atoms with Crippen molar-refractivity contribution in [3.8, 4) is 0 Å². The summed E-state index contributed by atoms with van der Waals surface area (Å²) in [5.41, 5.74) is 8.92. The lowest BCUT2D eigenvalue weighted by Crippen LogP contribution is -2.37. The highest BCUT2D eigenvalue weighted by molar-refractivity contribution is 7.22. The number of thiazole rings is 1. The van der Waals surface area contributed by atoms with Gasteiger partial charge in [0.2, 0.25) is 5.91 Å². The van der Waals surface area contributed by atoms with Crippen molar-refractivity contribution < 1.29 is 9.59 Å². The Morgan fingerprint density at radius 3 is 2.85 bits per heavy atom. The quantitative estimate of drug-likeness (QED) is 0.746. The SMILES string of the molecule is Cc1cc(C(=O)N[C@H]2CC(=O)N(c3ccccc3)C2)cc2sc(N)nc12. The van der Waals surface area contributed by atoms with Crippen LogP contribution in [-0.4, -0.2) is 29.4 Å². The Kier molecular flexibility index (Phi) is 4.08. The van der Waals surface area contributed by atoms with E-state index in [1.54, 1.807) is 11.0 Å². The van der Waals surface area contributed by atoms with Crippen molar-refractivity contribution in [3.05, 3.63) is 53.6 Å². The summed E-state index contributed by atoms with van der Waals surface area (Å²) in [5.74, 6) is -0.168. The molecule has 1 fully saturated rings. The number of benzene rings is 2. The average molecular weight is 366 g/mol. The van der Waals surface area contributed by atoms with E-state index in [-0.39, 0.29) is 17.9 Å². The lowest BCUT2D eigenvalue weighted by Gasteiger charge is -2.17. The molecule has 1 aliphatic heterocycles. The molecule has 4 rings (SSSR count). The predicted molar refractivity (Wildman–Crippen MR) is 103 cm³/mol. The molecule has 1 aliphatic rings. The number of rotatable bonds is 3. The summed E-state index contributed by atoms with van der Waals surface area (Å²) < 4.78 is 0.890. The van der Waals surface area contributed by atoms with Crippen LogP contribution < -0.4 is 16.0 Å². The van der Waals surface area contributed by atoms with E-state index in [4.69, 9.17) is 5.73 Å². The molecule has 26 heavy (non-hydrogen) atoms. The lowest BCUT2D eigenvalue weighted by atomic mass is 10.1. The third-order valence-corrected chi connectivity index (χ3v) is 5.32. The van der Waals surface area contributed by atoms with E-state index in [0.29, 0.717) is 23.7 Å². The van der Waals surface area contributed by atoms with E-state index in [1.807, 2.05) is 43.3 Å². The van der Waals surface area contributed by atoms with E-state index < -0.39 is 0 Å². The van der Waals surface area contributed by atoms with Gasteiger partial charge in [0, 0.05) is 24.2 Å². The zero-order valence-electron chi connectivity index (χ0n) is 14.2. The summed E-state index contributed by atoms with van der Waals surface area (Å²) >= 11 is 1.36. The van der Waals surface area contributed by atoms with Gasteiger partial charge < -0.3 is 16.0 Å². The maximum absolute atomic E-state index is 12.7. The first-order valence-electron chi connectivity index (χ1n) is 8.34. The van der Waals surface area contributed by atoms with Crippen molar-refractivity contribution >= 4 is 44.2 Å². The molecule has 0 bridgehead atoms. The molecule has 0 spiro atoms. The largest absolute Gasteiger partial charge is 0.375 e. The first-order chi connectivity index (χ1) is 12.5. The molecular weight excluding hydrogens is 348 g/mol. The molecule has 1 saturated heterocycles. The number of carbonyl (C=O) groups is 2. The number of nitrogens with zero attached hydrogens (tertiary/aromatic N) is 2. The molecule has 0 unspecified atom stereocenters. The van der Waals surface area contributed by atoms with E-state index in [0.717, 1.165) is 21.5 Å². The van der Waals surface area contributed by atoms with Gasteiger partial charge in [-0.25, -0.2) is 4.98 Å². The summed E-state index contributed by atoms with van der Waals surface area (Å²) in [5, 5.41) is 3.46. The molecule has 0 saturated carbocycles. The minimum absolute atomic E-state index is 0.0170. The number of aryl methyl sites for hydroxylation is 1. The Morgan fingerprint density at radius 1 is 1.31 bits per heavy atom. The molecule has 1 atom stereocenters. The third kappa shape index (κ3) is 3.01. The smallest absolute Gasteiger partial charge is 0.251 e. The molecule has 3 aromatic rings. The number of carbonyl (C=O) groups excluding carboxylic acids is 2. The van der Waals surface area contributed by atoms with Gasteiger partial charge >= 0.3 is 0 Å². The lowest BCUT2D eigenvalue weighted by molar-refractivity contribution is -0.117. The van der Waals surface area contributed by atoms with Crippen LogP contribution >= 0.6 is 11.3 Å². The second-order valence-corrected chi connectivity index (χ2v) is 7.47. The minimum Gasteiger partial charge on any atom is -0.375 e. The summed E-state index contributed by atoms with van der Waals surface area (Å²) in [6.07, 6.45) is 0.301. The highest BCUT2D eigenvalue weighted by Crippen LogP contribution is 2.28. The Morgan fingerprint density at radius 2 is 2.08 bits per heavy atom. The second-order valence-electron chi connectivity index (χ2n) is 6.41. The molecule has 0 aliphatic carbocycles. The van der Waals surface area contributed by atoms with Crippen LogP contribution in [0.3, 0.4) is 0 Å². The van der Waals surface area contributed by atoms with Crippen molar-refractivity contribution in [2.45, 2.75) is 19.4 Å². The summed E-state index contributed by atoms with van der Waals surface area (Å²) in [6, 6.07) is 12.9. The minimum atomic E-state index is -0.210. The number of nitrogens with two attached hydrogens (primary N) is 1. The number of fused-ring (bicyclic) bond motifs is 1. The Hall–Kier alpha value is -2.93. The average Bonchev–Trinajstić information content (AvgIpc) is 3.17. The number of nitrogens with one attached hydrogen (secondary N) is 1. The van der Waals surface area contributed by atoms with E-state index in [1.165, 1.54) is 11.3 Å². The number of nitrogen functional groups attached to an aromatic ring is 1. The molecular formula is C19H18N4O2S. The number of anilines is 2. The molecule has 1 aromatic heterocycles. The van der Waals surface area contributed by atoms with Crippen molar-refractivity contribution in [2.75, 3.05) is 17.2 Å². The van der Waals surface area contributed by atoms with Crippen molar-refractivity contribution in [1.29, 1.82) is 0 Å². The Bertz CT molecular complexity index is 999. The molecule has 2 aromatic carbocycles. The molecule has 2 amide bonds. The van der Waals surface area contributed by atoms with Crippen molar-refractivity contribution in [3.63, 3.8) is 0 Å². The van der Waals surface area contributed by atoms with Gasteiger partial charge in [-0.05, 0) is 36.8 Å². The van der Waals surface area contributed by atoms with Gasteiger partial charge in [-0.15, -0.1) is 0 Å². The number of hydrogen-bond acceptors (Lipinski definition) is 5. The number of aromatic nitrogens is 1. The highest BCUT2D eigenvalue weighted by atomic mass is 32.1. The number of para-hydroxylation sites is 1. The van der Waals surface area contributed by atoms with Crippen LogP contribution in [0, 0.1) is 6.92 Å². The number of amides is 2. The van der Waals surface area contributed by atoms with Crippen LogP contribution in [0.2, 0.25) is 0 Å². The van der Waals surface area contributed by atoms with Gasteiger partial charge in [-0.2, -0.15) is 0 Å². The van der Waals surface area contributed by atoms with Gasteiger partial charge in [0.25, 0.3) is 5.91 Å². The Balaban J connectivity index is 1.51. The topological polar surface area (TPSA) is 88.3 Å². The third-order valence-electron chi connectivity index (χ3n) is 4.49. The van der Waals surface area contributed by atoms with E-state index in [2.05, 4.69) is 10.3 Å². The summed E-state index contributed by atoms with van der Waals surface area (Å²) in [7, 11) is 0. The van der Waals surface area contributed by atoms with Crippen LogP contribution in [-0.2, 0) is 4.79 Å². The molecule has 6 nitrogen and oxygen atoms in total. The van der Waals surface area contributed by atoms with Gasteiger partial charge in [0.1, 0.15) is 0 Å². The zero-order valence-corrected chi connectivity index (χ0v) is 15.0. The maximum atomic E-state index is 12.7. The fraction of sp³-hybridized carbons (Fsp3) is 0.211. The molecule has 2 heterocycles. The first-order valence-corrected chi connectivity index (χ1v) is 9.16. The van der Waals surface area contributed by atoms with E-state index in [9.17, 15) is 9.59 Å². The summed E-state index contributed by atoms with van der Waals surface area (Å²) in [6.45, 7) is 2.39. The van der Waals surface area contributed by atoms with Crippen LogP contribution in [0.25, 0.3) is 10.2 Å². The van der Waals surface area contributed by atoms with Gasteiger partial charge in [0.15, 0.2) is 5.13 Å². The Labute approximate surface area is 154 Å². The van der Waals surface area contributed by atoms with Crippen LogP contribution in [0.5, 0.6) is 0 Å². The van der Waals surface area contributed by atoms with Gasteiger partial charge in [0.05, 0.1) is 16.3 Å². The predicted octanol–water partition coefficient (Wildman–Crippen LogP) is 2.72. The van der Waals surface area contributed by atoms with Crippen LogP contribution in [0.15, 0.2) is 42.5 Å². The van der Waals surface area contributed by atoms with E-state index >= 15 is 0 Å². The molecule has 7 heteroatoms. The second kappa shape index (κ2) is 6.42. The van der Waals surface area contributed by atoms with Crippen molar-refractivity contribution in [2.24, 2.45) is 0 Å². The van der Waals surface area contributed by atoms with Gasteiger partial charge in [-0.1, -0.05) is 29.5 Å². The van der Waals surface area contributed by atoms with Crippen molar-refractivity contribution in [1.82, 2.24) is 10.3 Å². The highest BCUT2D eigenvalue weighted by Gasteiger charge is 2.31. The zero-order chi connectivity index (χ0) is 18.3. The number of hydrogen-bond donors (Lipinski definition) is 2. The maximum Gasteiger partial charge on any atom is 0.251 e. The van der Waals surface area contributed by atoms with Crippen LogP contribution in [0.4, 0.5) is 10.8 Å².